The zero-order valence-corrected chi connectivity index (χ0v) is 13.2. The summed E-state index contributed by atoms with van der Waals surface area (Å²) in [6.45, 7) is 10.8. The number of hydrogen-bond donors (Lipinski definition) is 1. The maximum absolute atomic E-state index is 12.5. The molecule has 18 heavy (non-hydrogen) atoms. The van der Waals surface area contributed by atoms with E-state index in [4.69, 9.17) is 0 Å². The molecule has 1 aliphatic heterocycles. The van der Waals surface area contributed by atoms with Crippen molar-refractivity contribution in [2.24, 2.45) is 5.92 Å². The molecule has 3 atom stereocenters. The molecule has 0 aromatic heterocycles. The summed E-state index contributed by atoms with van der Waals surface area (Å²) in [7, 11) is 0. The van der Waals surface area contributed by atoms with E-state index in [2.05, 4.69) is 44.8 Å². The molecule has 3 unspecified atom stereocenters. The second kappa shape index (κ2) is 7.39. The van der Waals surface area contributed by atoms with E-state index in [0.29, 0.717) is 17.9 Å². The third kappa shape index (κ3) is 3.64. The van der Waals surface area contributed by atoms with E-state index in [1.54, 1.807) is 0 Å². The molecule has 1 aliphatic rings. The summed E-state index contributed by atoms with van der Waals surface area (Å²) in [6.07, 6.45) is 2.40. The van der Waals surface area contributed by atoms with E-state index in [9.17, 15) is 4.79 Å². The van der Waals surface area contributed by atoms with Crippen molar-refractivity contribution in [3.05, 3.63) is 0 Å². The molecule has 3 nitrogen and oxygen atoms in total. The zero-order chi connectivity index (χ0) is 13.7. The largest absolute Gasteiger partial charge is 0.322 e. The predicted molar refractivity (Wildman–Crippen MR) is 79.8 cm³/mol. The van der Waals surface area contributed by atoms with Crippen molar-refractivity contribution in [2.75, 3.05) is 11.5 Å². The minimum atomic E-state index is 0.00984. The molecule has 1 saturated heterocycles. The molecule has 0 spiro atoms. The van der Waals surface area contributed by atoms with Crippen LogP contribution in [0.15, 0.2) is 0 Å². The first-order valence-corrected chi connectivity index (χ1v) is 8.34. The number of thioether (sulfide) groups is 1. The van der Waals surface area contributed by atoms with Crippen molar-refractivity contribution in [1.82, 2.24) is 10.2 Å². The number of carbonyl (C=O) groups is 1. The highest BCUT2D eigenvalue weighted by Gasteiger charge is 2.41. The van der Waals surface area contributed by atoms with Crippen molar-refractivity contribution >= 4 is 17.7 Å². The fourth-order valence-electron chi connectivity index (χ4n) is 2.54. The van der Waals surface area contributed by atoms with Crippen LogP contribution in [0.5, 0.6) is 0 Å². The van der Waals surface area contributed by atoms with Gasteiger partial charge in [-0.3, -0.25) is 10.1 Å². The monoisotopic (exact) mass is 272 g/mol. The number of rotatable bonds is 7. The predicted octanol–water partition coefficient (Wildman–Crippen LogP) is 2.71. The summed E-state index contributed by atoms with van der Waals surface area (Å²) in [5.74, 6) is 2.82. The number of amides is 1. The number of nitrogens with one attached hydrogen (secondary N) is 1. The summed E-state index contributed by atoms with van der Waals surface area (Å²) < 4.78 is 0. The summed E-state index contributed by atoms with van der Waals surface area (Å²) in [4.78, 5) is 14.6. The van der Waals surface area contributed by atoms with Gasteiger partial charge in [0.05, 0.1) is 12.2 Å². The maximum Gasteiger partial charge on any atom is 0.241 e. The van der Waals surface area contributed by atoms with Gasteiger partial charge >= 0.3 is 0 Å². The van der Waals surface area contributed by atoms with Crippen LogP contribution in [0.25, 0.3) is 0 Å². The lowest BCUT2D eigenvalue weighted by Crippen LogP contribution is -2.44. The molecular formula is C14H28N2OS. The molecule has 0 aromatic carbocycles. The summed E-state index contributed by atoms with van der Waals surface area (Å²) in [5, 5.41) is 3.52. The number of carbonyl (C=O) groups excluding carboxylic acids is 1. The molecule has 1 N–H and O–H groups in total. The molecule has 0 radical (unpaired) electrons. The molecule has 1 amide bonds. The van der Waals surface area contributed by atoms with Gasteiger partial charge in [-0.1, -0.05) is 34.1 Å². The lowest BCUT2D eigenvalue weighted by atomic mass is 10.0. The molecule has 106 valence electrons. The van der Waals surface area contributed by atoms with E-state index in [0.717, 1.165) is 24.3 Å². The van der Waals surface area contributed by atoms with Gasteiger partial charge in [-0.15, -0.1) is 0 Å². The smallest absolute Gasteiger partial charge is 0.241 e. The molecule has 0 saturated carbocycles. The normalized spacial score (nSPS) is 26.1. The molecule has 0 bridgehead atoms. The average molecular weight is 272 g/mol. The molecule has 1 rings (SSSR count). The Morgan fingerprint density at radius 3 is 2.50 bits per heavy atom. The van der Waals surface area contributed by atoms with Crippen molar-refractivity contribution in [3.8, 4) is 0 Å². The van der Waals surface area contributed by atoms with E-state index in [1.807, 2.05) is 11.8 Å². The van der Waals surface area contributed by atoms with Gasteiger partial charge in [-0.25, -0.2) is 0 Å². The first kappa shape index (κ1) is 15.8. The number of nitrogens with zero attached hydrogens (tertiary/aromatic N) is 1. The lowest BCUT2D eigenvalue weighted by molar-refractivity contribution is -0.132. The zero-order valence-electron chi connectivity index (χ0n) is 12.4. The first-order valence-electron chi connectivity index (χ1n) is 7.18. The third-order valence-corrected chi connectivity index (χ3v) is 4.62. The Bertz CT molecular complexity index is 271. The Kier molecular flexibility index (Phi) is 6.50. The van der Waals surface area contributed by atoms with Crippen LogP contribution in [0.1, 0.15) is 47.5 Å². The Labute approximate surface area is 116 Å². The number of hydrogen-bond acceptors (Lipinski definition) is 3. The fraction of sp³-hybridized carbons (Fsp3) is 0.929. The second-order valence-electron chi connectivity index (χ2n) is 5.45. The minimum absolute atomic E-state index is 0.00984. The first-order chi connectivity index (χ1) is 8.52. The van der Waals surface area contributed by atoms with Crippen LogP contribution < -0.4 is 5.32 Å². The van der Waals surface area contributed by atoms with E-state index >= 15 is 0 Å². The summed E-state index contributed by atoms with van der Waals surface area (Å²) >= 11 is 1.91. The van der Waals surface area contributed by atoms with Gasteiger partial charge in [-0.05, 0) is 25.0 Å². The molecule has 4 heteroatoms. The molecule has 1 heterocycles. The van der Waals surface area contributed by atoms with Crippen molar-refractivity contribution < 1.29 is 4.79 Å². The summed E-state index contributed by atoms with van der Waals surface area (Å²) in [5.41, 5.74) is 0. The van der Waals surface area contributed by atoms with Gasteiger partial charge in [-0.2, -0.15) is 11.8 Å². The van der Waals surface area contributed by atoms with Crippen LogP contribution in [0.3, 0.4) is 0 Å². The van der Waals surface area contributed by atoms with Gasteiger partial charge in [0.2, 0.25) is 5.91 Å². The minimum Gasteiger partial charge on any atom is -0.322 e. The molecular weight excluding hydrogens is 244 g/mol. The van der Waals surface area contributed by atoms with Crippen LogP contribution in [0.2, 0.25) is 0 Å². The van der Waals surface area contributed by atoms with E-state index in [1.165, 1.54) is 0 Å². The maximum atomic E-state index is 12.5. The Balaban J connectivity index is 2.73. The van der Waals surface area contributed by atoms with Gasteiger partial charge in [0, 0.05) is 11.8 Å². The second-order valence-corrected chi connectivity index (χ2v) is 6.77. The highest BCUT2D eigenvalue weighted by molar-refractivity contribution is 7.99. The van der Waals surface area contributed by atoms with E-state index < -0.39 is 0 Å². The quantitative estimate of drug-likeness (QED) is 0.773. The van der Waals surface area contributed by atoms with Gasteiger partial charge in [0.25, 0.3) is 0 Å². The Hall–Kier alpha value is -0.220. The topological polar surface area (TPSA) is 32.3 Å². The third-order valence-electron chi connectivity index (χ3n) is 3.50. The molecule has 0 aromatic rings. The Morgan fingerprint density at radius 2 is 2.00 bits per heavy atom. The van der Waals surface area contributed by atoms with Gasteiger partial charge in [0.15, 0.2) is 0 Å². The van der Waals surface area contributed by atoms with Gasteiger partial charge in [0.1, 0.15) is 0 Å². The van der Waals surface area contributed by atoms with Crippen LogP contribution >= 0.6 is 11.8 Å². The van der Waals surface area contributed by atoms with E-state index in [-0.39, 0.29) is 12.2 Å². The van der Waals surface area contributed by atoms with Crippen molar-refractivity contribution in [3.63, 3.8) is 0 Å². The van der Waals surface area contributed by atoms with Crippen molar-refractivity contribution in [2.45, 2.75) is 65.7 Å². The standard InChI is InChI=1S/C14H28N2OS/c1-6-8-12-15-13(10(3)4)14(17)16(12)11(5)9-18-7-2/h10-13,15H,6-9H2,1-5H3. The van der Waals surface area contributed by atoms with Crippen molar-refractivity contribution in [1.29, 1.82) is 0 Å². The molecule has 0 aliphatic carbocycles. The Morgan fingerprint density at radius 1 is 1.33 bits per heavy atom. The van der Waals surface area contributed by atoms with Crippen LogP contribution in [-0.2, 0) is 4.79 Å². The average Bonchev–Trinajstić information content (AvgIpc) is 2.64. The summed E-state index contributed by atoms with van der Waals surface area (Å²) in [6, 6.07) is 0.339. The highest BCUT2D eigenvalue weighted by atomic mass is 32.2. The SMILES string of the molecule is CCCC1NC(C(C)C)C(=O)N1C(C)CSCC. The van der Waals surface area contributed by atoms with Crippen LogP contribution in [0.4, 0.5) is 0 Å². The van der Waals surface area contributed by atoms with Crippen LogP contribution in [-0.4, -0.2) is 40.6 Å². The lowest BCUT2D eigenvalue weighted by Gasteiger charge is -2.30. The molecule has 1 fully saturated rings. The van der Waals surface area contributed by atoms with Crippen LogP contribution in [0, 0.1) is 5.92 Å². The highest BCUT2D eigenvalue weighted by Crippen LogP contribution is 2.23. The fourth-order valence-corrected chi connectivity index (χ4v) is 3.28. The van der Waals surface area contributed by atoms with Gasteiger partial charge < -0.3 is 4.90 Å².